The second-order valence-electron chi connectivity index (χ2n) is 8.88. The number of esters is 1. The maximum atomic E-state index is 12.8. The highest BCUT2D eigenvalue weighted by Crippen LogP contribution is 2.59. The van der Waals surface area contributed by atoms with Crippen LogP contribution in [0.5, 0.6) is 0 Å². The minimum absolute atomic E-state index is 0.271. The predicted molar refractivity (Wildman–Crippen MR) is 98.5 cm³/mol. The van der Waals surface area contributed by atoms with E-state index >= 15 is 0 Å². The standard InChI is InChI=1S/C21H30O6/c1-11-13(7-6-12-10-15(26-5)27-19(12)25)21(4)9-8-14(22)20(2,3)18(21)17(24)16(11)23/h10,14-15,17-18,22,24H,6-9H2,1-5H3/t14-,15?,17-,18+,21-/m1/s1. The lowest BCUT2D eigenvalue weighted by atomic mass is 9.48. The van der Waals surface area contributed by atoms with Gasteiger partial charge in [0, 0.05) is 18.6 Å². The summed E-state index contributed by atoms with van der Waals surface area (Å²) in [7, 11) is 1.48. The molecule has 0 saturated heterocycles. The molecular weight excluding hydrogens is 348 g/mol. The highest BCUT2D eigenvalue weighted by molar-refractivity contribution is 6.00. The molecule has 0 bridgehead atoms. The van der Waals surface area contributed by atoms with Crippen molar-refractivity contribution in [2.45, 2.75) is 71.9 Å². The van der Waals surface area contributed by atoms with Crippen LogP contribution in [-0.2, 0) is 19.1 Å². The molecule has 0 aromatic carbocycles. The highest BCUT2D eigenvalue weighted by atomic mass is 16.7. The maximum absolute atomic E-state index is 12.8. The van der Waals surface area contributed by atoms with Crippen molar-refractivity contribution in [1.29, 1.82) is 0 Å². The molecule has 5 atom stereocenters. The normalized spacial score (nSPS) is 38.6. The zero-order valence-electron chi connectivity index (χ0n) is 16.7. The number of carbonyl (C=O) groups is 2. The molecule has 27 heavy (non-hydrogen) atoms. The first-order chi connectivity index (χ1) is 12.5. The van der Waals surface area contributed by atoms with E-state index < -0.39 is 29.3 Å². The summed E-state index contributed by atoms with van der Waals surface area (Å²) in [4.78, 5) is 24.8. The summed E-state index contributed by atoms with van der Waals surface area (Å²) in [5.41, 5.74) is 1.14. The van der Waals surface area contributed by atoms with Gasteiger partial charge in [-0.15, -0.1) is 0 Å². The highest BCUT2D eigenvalue weighted by Gasteiger charge is 2.59. The van der Waals surface area contributed by atoms with Gasteiger partial charge in [-0.25, -0.2) is 4.79 Å². The molecule has 1 unspecified atom stereocenters. The van der Waals surface area contributed by atoms with E-state index in [0.717, 1.165) is 5.57 Å². The summed E-state index contributed by atoms with van der Waals surface area (Å²) in [6.07, 6.45) is 1.67. The Bertz CT molecular complexity index is 718. The van der Waals surface area contributed by atoms with E-state index in [9.17, 15) is 19.8 Å². The third-order valence-electron chi connectivity index (χ3n) is 7.08. The maximum Gasteiger partial charge on any atom is 0.336 e. The number of Topliss-reactive ketones (excluding diaryl/α,β-unsaturated/α-hetero) is 1. The molecule has 3 rings (SSSR count). The van der Waals surface area contributed by atoms with E-state index in [4.69, 9.17) is 9.47 Å². The number of methoxy groups -OCH3 is 1. The number of hydrogen-bond acceptors (Lipinski definition) is 6. The van der Waals surface area contributed by atoms with Gasteiger partial charge in [0.05, 0.1) is 6.10 Å². The van der Waals surface area contributed by atoms with Crippen LogP contribution in [0, 0.1) is 16.7 Å². The van der Waals surface area contributed by atoms with Crippen molar-refractivity contribution in [3.05, 3.63) is 22.8 Å². The lowest BCUT2D eigenvalue weighted by Gasteiger charge is -2.57. The Kier molecular flexibility index (Phi) is 5.12. The molecule has 1 heterocycles. The zero-order valence-corrected chi connectivity index (χ0v) is 16.7. The van der Waals surface area contributed by atoms with E-state index in [1.165, 1.54) is 7.11 Å². The van der Waals surface area contributed by atoms with E-state index in [-0.39, 0.29) is 17.7 Å². The number of aliphatic hydroxyl groups is 2. The Balaban J connectivity index is 1.94. The first-order valence-electron chi connectivity index (χ1n) is 9.59. The second kappa shape index (κ2) is 6.83. The lowest BCUT2D eigenvalue weighted by Crippen LogP contribution is -2.59. The van der Waals surface area contributed by atoms with Gasteiger partial charge in [-0.3, -0.25) is 4.79 Å². The molecule has 0 radical (unpaired) electrons. The average Bonchev–Trinajstić information content (AvgIpc) is 2.96. The molecule has 2 N–H and O–H groups in total. The summed E-state index contributed by atoms with van der Waals surface area (Å²) < 4.78 is 10.2. The number of rotatable bonds is 4. The quantitative estimate of drug-likeness (QED) is 0.729. The predicted octanol–water partition coefficient (Wildman–Crippen LogP) is 2.29. The van der Waals surface area contributed by atoms with Crippen LogP contribution in [0.3, 0.4) is 0 Å². The minimum atomic E-state index is -1.11. The first kappa shape index (κ1) is 20.2. The Hall–Kier alpha value is -1.50. The monoisotopic (exact) mass is 378 g/mol. The van der Waals surface area contributed by atoms with Crippen LogP contribution >= 0.6 is 0 Å². The number of aliphatic hydroxyl groups excluding tert-OH is 2. The van der Waals surface area contributed by atoms with Crippen LogP contribution in [-0.4, -0.2) is 47.6 Å². The van der Waals surface area contributed by atoms with Gasteiger partial charge in [0.1, 0.15) is 6.10 Å². The molecule has 1 saturated carbocycles. The molecule has 150 valence electrons. The fraction of sp³-hybridized carbons (Fsp3) is 0.714. The Morgan fingerprint density at radius 2 is 1.89 bits per heavy atom. The molecule has 0 aromatic rings. The SMILES string of the molecule is COC1C=C(CCC2=C(C)C(=O)[C@@H](O)[C@H]3C(C)(C)[C@H](O)CC[C@]23C)C(=O)O1. The largest absolute Gasteiger partial charge is 0.429 e. The van der Waals surface area contributed by atoms with Crippen molar-refractivity contribution in [3.63, 3.8) is 0 Å². The number of carbonyl (C=O) groups excluding carboxylic acids is 2. The third kappa shape index (κ3) is 3.08. The van der Waals surface area contributed by atoms with Gasteiger partial charge < -0.3 is 19.7 Å². The van der Waals surface area contributed by atoms with Gasteiger partial charge in [0.2, 0.25) is 6.29 Å². The molecule has 0 aromatic heterocycles. The number of cyclic esters (lactones) is 1. The van der Waals surface area contributed by atoms with Crippen LogP contribution in [0.2, 0.25) is 0 Å². The number of hydrogen-bond donors (Lipinski definition) is 2. The average molecular weight is 378 g/mol. The van der Waals surface area contributed by atoms with Gasteiger partial charge >= 0.3 is 5.97 Å². The number of ether oxygens (including phenoxy) is 2. The molecule has 1 aliphatic heterocycles. The molecule has 0 spiro atoms. The minimum Gasteiger partial charge on any atom is -0.429 e. The van der Waals surface area contributed by atoms with Crippen molar-refractivity contribution < 1.29 is 29.3 Å². The van der Waals surface area contributed by atoms with Crippen molar-refractivity contribution in [3.8, 4) is 0 Å². The molecule has 6 nitrogen and oxygen atoms in total. The smallest absolute Gasteiger partial charge is 0.336 e. The van der Waals surface area contributed by atoms with E-state index in [1.807, 2.05) is 13.8 Å². The Morgan fingerprint density at radius 3 is 2.48 bits per heavy atom. The van der Waals surface area contributed by atoms with Crippen molar-refractivity contribution in [1.82, 2.24) is 0 Å². The fourth-order valence-corrected chi connectivity index (χ4v) is 5.52. The lowest BCUT2D eigenvalue weighted by molar-refractivity contribution is -0.155. The Morgan fingerprint density at radius 1 is 1.22 bits per heavy atom. The number of allylic oxidation sites excluding steroid dienone is 1. The summed E-state index contributed by atoms with van der Waals surface area (Å²) >= 11 is 0. The van der Waals surface area contributed by atoms with Crippen molar-refractivity contribution >= 4 is 11.8 Å². The van der Waals surface area contributed by atoms with Crippen molar-refractivity contribution in [2.75, 3.05) is 7.11 Å². The second-order valence-corrected chi connectivity index (χ2v) is 8.88. The van der Waals surface area contributed by atoms with Crippen LogP contribution in [0.25, 0.3) is 0 Å². The summed E-state index contributed by atoms with van der Waals surface area (Å²) in [6.45, 7) is 7.70. The fourth-order valence-electron chi connectivity index (χ4n) is 5.52. The molecule has 6 heteroatoms. The van der Waals surface area contributed by atoms with Crippen LogP contribution in [0.1, 0.15) is 53.4 Å². The van der Waals surface area contributed by atoms with Crippen LogP contribution < -0.4 is 0 Å². The van der Waals surface area contributed by atoms with Gasteiger partial charge in [0.15, 0.2) is 5.78 Å². The molecule has 0 amide bonds. The topological polar surface area (TPSA) is 93.1 Å². The van der Waals surface area contributed by atoms with Gasteiger partial charge in [-0.2, -0.15) is 0 Å². The summed E-state index contributed by atoms with van der Waals surface area (Å²) in [5, 5.41) is 21.3. The summed E-state index contributed by atoms with van der Waals surface area (Å²) in [5.74, 6) is -1.02. The summed E-state index contributed by atoms with van der Waals surface area (Å²) in [6, 6.07) is 0. The van der Waals surface area contributed by atoms with Crippen LogP contribution in [0.15, 0.2) is 22.8 Å². The van der Waals surface area contributed by atoms with E-state index in [0.29, 0.717) is 36.8 Å². The molecule has 1 fully saturated rings. The van der Waals surface area contributed by atoms with Gasteiger partial charge in [-0.05, 0) is 55.1 Å². The third-order valence-corrected chi connectivity index (χ3v) is 7.08. The van der Waals surface area contributed by atoms with E-state index in [2.05, 4.69) is 6.92 Å². The number of ketones is 1. The molecular formula is C21H30O6. The molecule has 3 aliphatic rings. The zero-order chi connectivity index (χ0) is 20.1. The Labute approximate surface area is 160 Å². The van der Waals surface area contributed by atoms with Crippen LogP contribution in [0.4, 0.5) is 0 Å². The molecule has 2 aliphatic carbocycles. The van der Waals surface area contributed by atoms with E-state index in [1.54, 1.807) is 13.0 Å². The van der Waals surface area contributed by atoms with Crippen molar-refractivity contribution in [2.24, 2.45) is 16.7 Å². The number of fused-ring (bicyclic) bond motifs is 1. The van der Waals surface area contributed by atoms with Gasteiger partial charge in [-0.1, -0.05) is 26.3 Å². The first-order valence-corrected chi connectivity index (χ1v) is 9.59. The van der Waals surface area contributed by atoms with Gasteiger partial charge in [0.25, 0.3) is 0 Å².